The van der Waals surface area contributed by atoms with Crippen LogP contribution in [-0.2, 0) is 0 Å². The van der Waals surface area contributed by atoms with Gasteiger partial charge in [-0.2, -0.15) is 0 Å². The van der Waals surface area contributed by atoms with Gasteiger partial charge in [-0.05, 0) is 49.8 Å². The van der Waals surface area contributed by atoms with Crippen molar-refractivity contribution in [3.8, 4) is 0 Å². The Morgan fingerprint density at radius 3 is 2.33 bits per heavy atom. The number of rotatable bonds is 4. The molecule has 1 atom stereocenters. The van der Waals surface area contributed by atoms with Gasteiger partial charge in [0.15, 0.2) is 0 Å². The molecule has 1 aromatic rings. The third-order valence-corrected chi connectivity index (χ3v) is 2.91. The second-order valence-electron chi connectivity index (χ2n) is 4.92. The Morgan fingerprint density at radius 2 is 1.87 bits per heavy atom. The van der Waals surface area contributed by atoms with Gasteiger partial charge < -0.3 is 5.73 Å². The smallest absolute Gasteiger partial charge is 0.000804 e. The molecule has 0 fully saturated rings. The summed E-state index contributed by atoms with van der Waals surface area (Å²) in [5.74, 6) is 1.23. The van der Waals surface area contributed by atoms with Crippen LogP contribution in [0.1, 0.15) is 42.9 Å². The van der Waals surface area contributed by atoms with Crippen LogP contribution in [0.2, 0.25) is 0 Å². The summed E-state index contributed by atoms with van der Waals surface area (Å²) in [5.41, 5.74) is 10.00. The highest BCUT2D eigenvalue weighted by Gasteiger charge is 2.13. The molecule has 0 bridgehead atoms. The van der Waals surface area contributed by atoms with Crippen molar-refractivity contribution in [2.45, 2.75) is 40.0 Å². The van der Waals surface area contributed by atoms with Crippen molar-refractivity contribution in [3.05, 3.63) is 34.9 Å². The number of aryl methyl sites for hydroxylation is 2. The average Bonchev–Trinajstić information content (AvgIpc) is 2.14. The molecule has 0 spiro atoms. The van der Waals surface area contributed by atoms with E-state index in [1.165, 1.54) is 23.1 Å². The highest BCUT2D eigenvalue weighted by Crippen LogP contribution is 2.26. The number of hydrogen-bond donors (Lipinski definition) is 1. The molecule has 0 saturated heterocycles. The largest absolute Gasteiger partial charge is 0.330 e. The molecule has 0 aromatic heterocycles. The molecule has 1 aromatic carbocycles. The van der Waals surface area contributed by atoms with E-state index >= 15 is 0 Å². The van der Waals surface area contributed by atoms with Crippen molar-refractivity contribution < 1.29 is 0 Å². The zero-order valence-electron chi connectivity index (χ0n) is 10.4. The minimum Gasteiger partial charge on any atom is -0.330 e. The molecule has 1 heteroatoms. The van der Waals surface area contributed by atoms with E-state index in [0.29, 0.717) is 11.8 Å². The molecule has 0 saturated carbocycles. The van der Waals surface area contributed by atoms with Gasteiger partial charge in [0.25, 0.3) is 0 Å². The van der Waals surface area contributed by atoms with Gasteiger partial charge in [-0.3, -0.25) is 0 Å². The van der Waals surface area contributed by atoms with Crippen LogP contribution in [-0.4, -0.2) is 6.54 Å². The predicted molar refractivity (Wildman–Crippen MR) is 67.2 cm³/mol. The summed E-state index contributed by atoms with van der Waals surface area (Å²) >= 11 is 0. The van der Waals surface area contributed by atoms with Crippen LogP contribution in [0.15, 0.2) is 18.2 Å². The van der Waals surface area contributed by atoms with Crippen molar-refractivity contribution in [1.29, 1.82) is 0 Å². The van der Waals surface area contributed by atoms with Gasteiger partial charge in [-0.1, -0.05) is 37.6 Å². The molecule has 0 heterocycles. The van der Waals surface area contributed by atoms with Crippen molar-refractivity contribution in [2.24, 2.45) is 11.7 Å². The summed E-state index contributed by atoms with van der Waals surface area (Å²) in [6, 6.07) is 6.67. The Hall–Kier alpha value is -0.820. The summed E-state index contributed by atoms with van der Waals surface area (Å²) in [4.78, 5) is 0. The van der Waals surface area contributed by atoms with E-state index in [1.54, 1.807) is 0 Å². The summed E-state index contributed by atoms with van der Waals surface area (Å²) in [6.07, 6.45) is 1.18. The molecule has 0 aliphatic rings. The fourth-order valence-electron chi connectivity index (χ4n) is 2.20. The Labute approximate surface area is 93.7 Å². The highest BCUT2D eigenvalue weighted by molar-refractivity contribution is 5.33. The van der Waals surface area contributed by atoms with Gasteiger partial charge in [0.2, 0.25) is 0 Å². The summed E-state index contributed by atoms with van der Waals surface area (Å²) in [6.45, 7) is 9.59. The van der Waals surface area contributed by atoms with Crippen molar-refractivity contribution in [3.63, 3.8) is 0 Å². The third kappa shape index (κ3) is 3.35. The molecule has 15 heavy (non-hydrogen) atoms. The van der Waals surface area contributed by atoms with E-state index in [9.17, 15) is 0 Å². The van der Waals surface area contributed by atoms with E-state index in [1.807, 2.05) is 0 Å². The molecular formula is C14H23N. The van der Waals surface area contributed by atoms with E-state index in [0.717, 1.165) is 6.54 Å². The number of benzene rings is 1. The van der Waals surface area contributed by atoms with Crippen LogP contribution in [0.3, 0.4) is 0 Å². The first kappa shape index (κ1) is 12.3. The minimum atomic E-state index is 0.519. The zero-order valence-corrected chi connectivity index (χ0v) is 10.4. The normalized spacial score (nSPS) is 13.2. The fraction of sp³-hybridized carbons (Fsp3) is 0.571. The standard InChI is InChI=1S/C14H23N/c1-10(2)7-13(9-15)14-6-5-11(3)8-12(14)4/h5-6,8,10,13H,7,9,15H2,1-4H3. The van der Waals surface area contributed by atoms with Gasteiger partial charge in [-0.25, -0.2) is 0 Å². The van der Waals surface area contributed by atoms with Crippen LogP contribution in [0.4, 0.5) is 0 Å². The van der Waals surface area contributed by atoms with Crippen LogP contribution >= 0.6 is 0 Å². The van der Waals surface area contributed by atoms with Gasteiger partial charge >= 0.3 is 0 Å². The summed E-state index contributed by atoms with van der Waals surface area (Å²) in [7, 11) is 0. The maximum Gasteiger partial charge on any atom is -0.000804 e. The summed E-state index contributed by atoms with van der Waals surface area (Å²) in [5, 5.41) is 0. The second kappa shape index (κ2) is 5.32. The van der Waals surface area contributed by atoms with E-state index in [-0.39, 0.29) is 0 Å². The van der Waals surface area contributed by atoms with Crippen LogP contribution in [0.25, 0.3) is 0 Å². The van der Waals surface area contributed by atoms with E-state index in [4.69, 9.17) is 5.73 Å². The lowest BCUT2D eigenvalue weighted by atomic mass is 9.87. The molecule has 84 valence electrons. The first-order chi connectivity index (χ1) is 7.04. The van der Waals surface area contributed by atoms with Crippen molar-refractivity contribution in [2.75, 3.05) is 6.54 Å². The molecule has 0 aliphatic carbocycles. The van der Waals surface area contributed by atoms with Crippen molar-refractivity contribution >= 4 is 0 Å². The zero-order chi connectivity index (χ0) is 11.4. The Kier molecular flexibility index (Phi) is 4.34. The fourth-order valence-corrected chi connectivity index (χ4v) is 2.20. The molecular weight excluding hydrogens is 182 g/mol. The van der Waals surface area contributed by atoms with Crippen LogP contribution in [0.5, 0.6) is 0 Å². The Bertz CT molecular complexity index is 315. The number of hydrogen-bond acceptors (Lipinski definition) is 1. The second-order valence-corrected chi connectivity index (χ2v) is 4.92. The molecule has 1 rings (SSSR count). The van der Waals surface area contributed by atoms with Crippen LogP contribution in [0, 0.1) is 19.8 Å². The van der Waals surface area contributed by atoms with Gasteiger partial charge in [0, 0.05) is 0 Å². The maximum atomic E-state index is 5.86. The van der Waals surface area contributed by atoms with Crippen LogP contribution < -0.4 is 5.73 Å². The maximum absolute atomic E-state index is 5.86. The Balaban J connectivity index is 2.91. The first-order valence-corrected chi connectivity index (χ1v) is 5.81. The lowest BCUT2D eigenvalue weighted by molar-refractivity contribution is 0.503. The van der Waals surface area contributed by atoms with E-state index in [2.05, 4.69) is 45.9 Å². The average molecular weight is 205 g/mol. The summed E-state index contributed by atoms with van der Waals surface area (Å²) < 4.78 is 0. The van der Waals surface area contributed by atoms with Gasteiger partial charge in [0.1, 0.15) is 0 Å². The van der Waals surface area contributed by atoms with Crippen molar-refractivity contribution in [1.82, 2.24) is 0 Å². The highest BCUT2D eigenvalue weighted by atomic mass is 14.5. The predicted octanol–water partition coefficient (Wildman–Crippen LogP) is 3.39. The minimum absolute atomic E-state index is 0.519. The number of nitrogens with two attached hydrogens (primary N) is 1. The Morgan fingerprint density at radius 1 is 1.20 bits per heavy atom. The lowest BCUT2D eigenvalue weighted by Gasteiger charge is -2.20. The monoisotopic (exact) mass is 205 g/mol. The SMILES string of the molecule is Cc1ccc(C(CN)CC(C)C)c(C)c1. The van der Waals surface area contributed by atoms with Gasteiger partial charge in [0.05, 0.1) is 0 Å². The lowest BCUT2D eigenvalue weighted by Crippen LogP contribution is -2.15. The molecule has 2 N–H and O–H groups in total. The third-order valence-electron chi connectivity index (χ3n) is 2.91. The molecule has 0 amide bonds. The molecule has 1 unspecified atom stereocenters. The quantitative estimate of drug-likeness (QED) is 0.801. The molecule has 0 aliphatic heterocycles. The first-order valence-electron chi connectivity index (χ1n) is 5.81. The molecule has 0 radical (unpaired) electrons. The van der Waals surface area contributed by atoms with Gasteiger partial charge in [-0.15, -0.1) is 0 Å². The topological polar surface area (TPSA) is 26.0 Å². The van der Waals surface area contributed by atoms with E-state index < -0.39 is 0 Å². The molecule has 1 nitrogen and oxygen atoms in total.